The maximum absolute atomic E-state index is 11.8. The van der Waals surface area contributed by atoms with Crippen molar-refractivity contribution in [2.45, 2.75) is 45.4 Å². The fraction of sp³-hybridized carbons (Fsp3) is 0.909. The molecule has 98 valence electrons. The molecule has 0 aliphatic rings. The van der Waals surface area contributed by atoms with Crippen LogP contribution >= 0.6 is 24.2 Å². The molecule has 0 spiro atoms. The molecule has 0 aromatic heterocycles. The molecule has 1 amide bonds. The van der Waals surface area contributed by atoms with E-state index < -0.39 is 0 Å². The van der Waals surface area contributed by atoms with Crippen LogP contribution in [0.1, 0.15) is 34.6 Å². The molecule has 1 atom stereocenters. The third kappa shape index (κ3) is 8.25. The highest BCUT2D eigenvalue weighted by molar-refractivity contribution is 8.00. The summed E-state index contributed by atoms with van der Waals surface area (Å²) in [5.74, 6) is 1.42. The van der Waals surface area contributed by atoms with E-state index in [0.717, 1.165) is 5.75 Å². The number of nitrogens with two attached hydrogens (primary N) is 1. The van der Waals surface area contributed by atoms with E-state index in [9.17, 15) is 4.79 Å². The van der Waals surface area contributed by atoms with Gasteiger partial charge in [-0.1, -0.05) is 20.8 Å². The number of nitrogens with one attached hydrogen (secondary N) is 1. The minimum atomic E-state index is -0.339. The van der Waals surface area contributed by atoms with E-state index in [1.807, 2.05) is 13.8 Å². The minimum Gasteiger partial charge on any atom is -0.353 e. The predicted octanol–water partition coefficient (Wildman–Crippen LogP) is 2.04. The smallest absolute Gasteiger partial charge is 0.233 e. The van der Waals surface area contributed by atoms with Gasteiger partial charge in [0.2, 0.25) is 5.91 Å². The third-order valence-corrected chi connectivity index (χ3v) is 3.38. The number of hydrogen-bond donors (Lipinski definition) is 2. The monoisotopic (exact) mass is 268 g/mol. The third-order valence-electron chi connectivity index (χ3n) is 1.93. The van der Waals surface area contributed by atoms with E-state index in [4.69, 9.17) is 5.73 Å². The zero-order valence-corrected chi connectivity index (χ0v) is 12.5. The molecule has 0 bridgehead atoms. The summed E-state index contributed by atoms with van der Waals surface area (Å²) in [5.41, 5.74) is 5.47. The maximum atomic E-state index is 11.8. The van der Waals surface area contributed by atoms with Gasteiger partial charge in [-0.15, -0.1) is 24.2 Å². The fourth-order valence-corrected chi connectivity index (χ4v) is 2.14. The van der Waals surface area contributed by atoms with Gasteiger partial charge in [0.25, 0.3) is 0 Å². The van der Waals surface area contributed by atoms with Crippen LogP contribution in [0.3, 0.4) is 0 Å². The Morgan fingerprint density at radius 3 is 2.25 bits per heavy atom. The Hall–Kier alpha value is 0.0700. The number of hydrogen-bond acceptors (Lipinski definition) is 3. The first-order chi connectivity index (χ1) is 6.78. The highest BCUT2D eigenvalue weighted by Crippen LogP contribution is 2.19. The summed E-state index contributed by atoms with van der Waals surface area (Å²) >= 11 is 1.69. The summed E-state index contributed by atoms with van der Waals surface area (Å²) in [6, 6.07) is 0. The largest absolute Gasteiger partial charge is 0.353 e. The van der Waals surface area contributed by atoms with Crippen LogP contribution in [-0.2, 0) is 4.79 Å². The van der Waals surface area contributed by atoms with Crippen LogP contribution in [0.5, 0.6) is 0 Å². The van der Waals surface area contributed by atoms with Crippen LogP contribution in [0, 0.1) is 5.92 Å². The molecule has 0 aliphatic heterocycles. The first kappa shape index (κ1) is 18.4. The molecule has 3 nitrogen and oxygen atoms in total. The van der Waals surface area contributed by atoms with Gasteiger partial charge in [-0.3, -0.25) is 4.79 Å². The van der Waals surface area contributed by atoms with Crippen LogP contribution < -0.4 is 11.1 Å². The van der Waals surface area contributed by atoms with E-state index >= 15 is 0 Å². The van der Waals surface area contributed by atoms with Gasteiger partial charge in [0.15, 0.2) is 0 Å². The Bertz CT molecular complexity index is 205. The summed E-state index contributed by atoms with van der Waals surface area (Å²) in [5, 5.41) is 2.94. The number of halogens is 1. The molecule has 3 N–H and O–H groups in total. The normalized spacial score (nSPS) is 13.2. The quantitative estimate of drug-likeness (QED) is 0.775. The van der Waals surface area contributed by atoms with Crippen molar-refractivity contribution in [2.24, 2.45) is 11.7 Å². The molecule has 5 heteroatoms. The van der Waals surface area contributed by atoms with Gasteiger partial charge in [-0.2, -0.15) is 0 Å². The van der Waals surface area contributed by atoms with Crippen LogP contribution in [0.25, 0.3) is 0 Å². The average Bonchev–Trinajstić information content (AvgIpc) is 2.08. The van der Waals surface area contributed by atoms with Crippen LogP contribution in [-0.4, -0.2) is 29.0 Å². The Morgan fingerprint density at radius 2 is 1.94 bits per heavy atom. The van der Waals surface area contributed by atoms with Crippen LogP contribution in [0.2, 0.25) is 0 Å². The Labute approximate surface area is 110 Å². The molecule has 0 aliphatic carbocycles. The zero-order chi connectivity index (χ0) is 12.1. The molecule has 0 fully saturated rings. The molecule has 0 rings (SSSR count). The van der Waals surface area contributed by atoms with Gasteiger partial charge in [0.1, 0.15) is 0 Å². The summed E-state index contributed by atoms with van der Waals surface area (Å²) < 4.78 is 0. The number of rotatable bonds is 6. The summed E-state index contributed by atoms with van der Waals surface area (Å²) in [6.45, 7) is 10.6. The lowest BCUT2D eigenvalue weighted by atomic mass is 10.1. The van der Waals surface area contributed by atoms with Crippen LogP contribution in [0.4, 0.5) is 0 Å². The van der Waals surface area contributed by atoms with E-state index in [1.54, 1.807) is 11.8 Å². The first-order valence-electron chi connectivity index (χ1n) is 5.46. The van der Waals surface area contributed by atoms with E-state index in [0.29, 0.717) is 12.5 Å². The van der Waals surface area contributed by atoms with Gasteiger partial charge in [0, 0.05) is 12.1 Å². The maximum Gasteiger partial charge on any atom is 0.233 e. The molecule has 1 unspecified atom stereocenters. The Morgan fingerprint density at radius 1 is 1.44 bits per heavy atom. The number of carbonyl (C=O) groups excluding carboxylic acids is 1. The van der Waals surface area contributed by atoms with Crippen molar-refractivity contribution in [2.75, 3.05) is 12.3 Å². The second kappa shape index (κ2) is 8.20. The minimum absolute atomic E-state index is 0. The predicted molar refractivity (Wildman–Crippen MR) is 75.3 cm³/mol. The molecule has 0 saturated heterocycles. The van der Waals surface area contributed by atoms with E-state index in [1.165, 1.54) is 0 Å². The Kier molecular flexibility index (Phi) is 9.45. The number of carbonyl (C=O) groups is 1. The van der Waals surface area contributed by atoms with Crippen molar-refractivity contribution >= 4 is 30.1 Å². The van der Waals surface area contributed by atoms with Gasteiger partial charge in [0.05, 0.1) is 5.25 Å². The first-order valence-corrected chi connectivity index (χ1v) is 6.51. The zero-order valence-electron chi connectivity index (χ0n) is 10.9. The van der Waals surface area contributed by atoms with Crippen molar-refractivity contribution in [1.29, 1.82) is 0 Å². The molecule has 0 radical (unpaired) electrons. The molecule has 0 aromatic rings. The summed E-state index contributed by atoms with van der Waals surface area (Å²) in [6.07, 6.45) is 0. The fourth-order valence-electron chi connectivity index (χ4n) is 1.17. The number of amides is 1. The van der Waals surface area contributed by atoms with Gasteiger partial charge in [-0.05, 0) is 25.5 Å². The lowest BCUT2D eigenvalue weighted by Gasteiger charge is -2.23. The highest BCUT2D eigenvalue weighted by atomic mass is 35.5. The molecule has 0 aromatic carbocycles. The summed E-state index contributed by atoms with van der Waals surface area (Å²) in [7, 11) is 0. The van der Waals surface area contributed by atoms with Crippen molar-refractivity contribution in [1.82, 2.24) is 5.32 Å². The van der Waals surface area contributed by atoms with Crippen molar-refractivity contribution in [3.8, 4) is 0 Å². The van der Waals surface area contributed by atoms with Gasteiger partial charge in [-0.25, -0.2) is 0 Å². The second-order valence-corrected chi connectivity index (χ2v) is 6.24. The lowest BCUT2D eigenvalue weighted by Crippen LogP contribution is -2.48. The molecule has 16 heavy (non-hydrogen) atoms. The topological polar surface area (TPSA) is 55.1 Å². The van der Waals surface area contributed by atoms with Crippen molar-refractivity contribution < 1.29 is 4.79 Å². The second-order valence-electron chi connectivity index (χ2n) is 4.83. The highest BCUT2D eigenvalue weighted by Gasteiger charge is 2.23. The molecule has 0 saturated carbocycles. The van der Waals surface area contributed by atoms with Crippen molar-refractivity contribution in [3.05, 3.63) is 0 Å². The summed E-state index contributed by atoms with van der Waals surface area (Å²) in [4.78, 5) is 11.8. The average molecular weight is 269 g/mol. The van der Waals surface area contributed by atoms with E-state index in [-0.39, 0.29) is 29.1 Å². The lowest BCUT2D eigenvalue weighted by molar-refractivity contribution is -0.121. The SMILES string of the molecule is CCSC(C(=O)NCC(C)(C)N)C(C)C.Cl. The van der Waals surface area contributed by atoms with Gasteiger partial charge < -0.3 is 11.1 Å². The van der Waals surface area contributed by atoms with Crippen LogP contribution in [0.15, 0.2) is 0 Å². The molecular formula is C11H25ClN2OS. The van der Waals surface area contributed by atoms with Crippen molar-refractivity contribution in [3.63, 3.8) is 0 Å². The number of thioether (sulfide) groups is 1. The molecule has 0 heterocycles. The Balaban J connectivity index is 0. The molecular weight excluding hydrogens is 244 g/mol. The standard InChI is InChI=1S/C11H24N2OS.ClH/c1-6-15-9(8(2)3)10(14)13-7-11(4,5)12;/h8-9H,6-7,12H2,1-5H3,(H,13,14);1H. The van der Waals surface area contributed by atoms with Gasteiger partial charge >= 0.3 is 0 Å². The van der Waals surface area contributed by atoms with E-state index in [2.05, 4.69) is 26.1 Å².